The van der Waals surface area contributed by atoms with E-state index in [1.54, 1.807) is 6.92 Å². The molecule has 0 saturated heterocycles. The molecule has 0 unspecified atom stereocenters. The lowest BCUT2D eigenvalue weighted by atomic mass is 9.86. The molecule has 41 heavy (non-hydrogen) atoms. The van der Waals surface area contributed by atoms with Crippen LogP contribution in [0.4, 0.5) is 0 Å². The largest absolute Gasteiger partial charge is 0.491 e. The molecule has 0 radical (unpaired) electrons. The second-order valence-electron chi connectivity index (χ2n) is 13.0. The maximum Gasteiger partial charge on any atom is 0.331 e. The van der Waals surface area contributed by atoms with Gasteiger partial charge in [-0.1, -0.05) is 65.8 Å². The third kappa shape index (κ3) is 8.33. The van der Waals surface area contributed by atoms with Crippen LogP contribution in [0.5, 0.6) is 11.5 Å². The van der Waals surface area contributed by atoms with E-state index < -0.39 is 23.5 Å². The van der Waals surface area contributed by atoms with Crippen molar-refractivity contribution in [3.63, 3.8) is 0 Å². The minimum absolute atomic E-state index is 0.00561. The molecule has 0 amide bonds. The van der Waals surface area contributed by atoms with Gasteiger partial charge in [0.05, 0.1) is 13.1 Å². The standard InChI is InChI=1S/C33H46N2O6/c1-21-14-24(32(4,5)6)10-12-28(21)40-19-26(36)17-34-23(3)16-30(38)35(31(34)39)18-27(37)20-41-29-13-11-25(15-22(29)2)33(7,8)9/h10-16,26-27,36-37H,17-20H2,1-9H3/t26-,27+/m1/s1. The SMILES string of the molecule is Cc1cc(C(C)(C)C)ccc1OC[C@@H](O)Cn1c(=O)cc(C)n(C[C@@H](O)COc2ccc(C(C)(C)C)cc2C)c1=O. The van der Waals surface area contributed by atoms with Gasteiger partial charge >= 0.3 is 5.69 Å². The highest BCUT2D eigenvalue weighted by Gasteiger charge is 2.19. The number of benzene rings is 2. The van der Waals surface area contributed by atoms with Crippen LogP contribution in [0.2, 0.25) is 0 Å². The summed E-state index contributed by atoms with van der Waals surface area (Å²) in [4.78, 5) is 25.9. The number of hydrogen-bond donors (Lipinski definition) is 2. The number of nitrogens with zero attached hydrogens (tertiary/aromatic N) is 2. The van der Waals surface area contributed by atoms with Crippen molar-refractivity contribution in [2.45, 2.75) is 98.4 Å². The summed E-state index contributed by atoms with van der Waals surface area (Å²) < 4.78 is 14.0. The Morgan fingerprint density at radius 3 is 1.49 bits per heavy atom. The van der Waals surface area contributed by atoms with Crippen LogP contribution >= 0.6 is 0 Å². The third-order valence-corrected chi connectivity index (χ3v) is 7.22. The lowest BCUT2D eigenvalue weighted by molar-refractivity contribution is 0.0836. The molecule has 2 N–H and O–H groups in total. The smallest absolute Gasteiger partial charge is 0.331 e. The normalized spacial score (nSPS) is 13.6. The molecule has 0 aliphatic heterocycles. The van der Waals surface area contributed by atoms with Crippen molar-refractivity contribution < 1.29 is 19.7 Å². The number of aliphatic hydroxyl groups is 2. The maximum atomic E-state index is 13.2. The van der Waals surface area contributed by atoms with Gasteiger partial charge in [-0.25, -0.2) is 4.79 Å². The fourth-order valence-corrected chi connectivity index (χ4v) is 4.57. The maximum absolute atomic E-state index is 13.2. The molecule has 0 bridgehead atoms. The predicted octanol–water partition coefficient (Wildman–Crippen LogP) is 4.41. The third-order valence-electron chi connectivity index (χ3n) is 7.22. The summed E-state index contributed by atoms with van der Waals surface area (Å²) in [5.41, 5.74) is 3.58. The molecule has 3 rings (SSSR count). The molecule has 0 fully saturated rings. The van der Waals surface area contributed by atoms with Crippen LogP contribution < -0.4 is 20.7 Å². The Morgan fingerprint density at radius 1 is 0.683 bits per heavy atom. The summed E-state index contributed by atoms with van der Waals surface area (Å²) in [5, 5.41) is 21.3. The number of hydrogen-bond acceptors (Lipinski definition) is 6. The van der Waals surface area contributed by atoms with Crippen molar-refractivity contribution in [3.05, 3.63) is 91.3 Å². The van der Waals surface area contributed by atoms with Gasteiger partial charge in [0.1, 0.15) is 36.9 Å². The lowest BCUT2D eigenvalue weighted by Crippen LogP contribution is -2.45. The first kappa shape index (κ1) is 32.2. The highest BCUT2D eigenvalue weighted by atomic mass is 16.5. The van der Waals surface area contributed by atoms with E-state index in [0.717, 1.165) is 15.7 Å². The minimum atomic E-state index is -1.09. The molecule has 224 valence electrons. The molecule has 0 aliphatic rings. The number of aryl methyl sites for hydroxylation is 3. The molecular formula is C33H46N2O6. The van der Waals surface area contributed by atoms with Crippen molar-refractivity contribution in [2.24, 2.45) is 0 Å². The minimum Gasteiger partial charge on any atom is -0.491 e. The van der Waals surface area contributed by atoms with E-state index in [-0.39, 0.29) is 37.1 Å². The second-order valence-corrected chi connectivity index (χ2v) is 13.0. The molecule has 8 heteroatoms. The molecule has 2 atom stereocenters. The van der Waals surface area contributed by atoms with Crippen LogP contribution in [-0.4, -0.2) is 44.8 Å². The van der Waals surface area contributed by atoms with Gasteiger partial charge in [-0.05, 0) is 66.0 Å². The monoisotopic (exact) mass is 566 g/mol. The summed E-state index contributed by atoms with van der Waals surface area (Å²) in [6, 6.07) is 13.2. The Labute approximate surface area is 243 Å². The number of aromatic nitrogens is 2. The first-order valence-electron chi connectivity index (χ1n) is 14.1. The topological polar surface area (TPSA) is 103 Å². The molecule has 0 saturated carbocycles. The molecular weight excluding hydrogens is 520 g/mol. The molecule has 0 aliphatic carbocycles. The Balaban J connectivity index is 1.66. The summed E-state index contributed by atoms with van der Waals surface area (Å²) in [6.07, 6.45) is -2.09. The Bertz CT molecular complexity index is 1470. The number of rotatable bonds is 10. The van der Waals surface area contributed by atoms with Crippen molar-refractivity contribution in [1.82, 2.24) is 9.13 Å². The summed E-state index contributed by atoms with van der Waals surface area (Å²) in [6.45, 7) is 18.0. The van der Waals surface area contributed by atoms with Crippen molar-refractivity contribution in [1.29, 1.82) is 0 Å². The van der Waals surface area contributed by atoms with Crippen LogP contribution in [0.1, 0.15) is 69.5 Å². The first-order valence-corrected chi connectivity index (χ1v) is 14.1. The number of ether oxygens (including phenoxy) is 2. The molecule has 0 spiro atoms. The zero-order chi connectivity index (χ0) is 30.7. The average molecular weight is 567 g/mol. The van der Waals surface area contributed by atoms with Gasteiger partial charge < -0.3 is 19.7 Å². The fourth-order valence-electron chi connectivity index (χ4n) is 4.57. The van der Waals surface area contributed by atoms with Crippen LogP contribution in [-0.2, 0) is 23.9 Å². The Morgan fingerprint density at radius 2 is 1.10 bits per heavy atom. The van der Waals surface area contributed by atoms with E-state index in [1.807, 2.05) is 38.1 Å². The Kier molecular flexibility index (Phi) is 9.93. The highest BCUT2D eigenvalue weighted by Crippen LogP contribution is 2.28. The predicted molar refractivity (Wildman–Crippen MR) is 162 cm³/mol. The zero-order valence-electron chi connectivity index (χ0n) is 25.9. The van der Waals surface area contributed by atoms with E-state index in [4.69, 9.17) is 9.47 Å². The van der Waals surface area contributed by atoms with Crippen LogP contribution in [0.3, 0.4) is 0 Å². The van der Waals surface area contributed by atoms with E-state index >= 15 is 0 Å². The first-order chi connectivity index (χ1) is 19.0. The second kappa shape index (κ2) is 12.7. The van der Waals surface area contributed by atoms with E-state index in [1.165, 1.54) is 21.8 Å². The van der Waals surface area contributed by atoms with Gasteiger partial charge in [0.2, 0.25) is 0 Å². The van der Waals surface area contributed by atoms with E-state index in [2.05, 4.69) is 53.7 Å². The van der Waals surface area contributed by atoms with Crippen LogP contribution in [0.25, 0.3) is 0 Å². The van der Waals surface area contributed by atoms with Gasteiger partial charge in [-0.3, -0.25) is 13.9 Å². The van der Waals surface area contributed by atoms with Gasteiger partial charge in [0, 0.05) is 11.8 Å². The van der Waals surface area contributed by atoms with Crippen molar-refractivity contribution in [3.8, 4) is 11.5 Å². The van der Waals surface area contributed by atoms with Crippen LogP contribution in [0.15, 0.2) is 52.1 Å². The quantitative estimate of drug-likeness (QED) is 0.377. The Hall–Kier alpha value is -3.36. The molecule has 1 aromatic heterocycles. The van der Waals surface area contributed by atoms with Crippen LogP contribution in [0, 0.1) is 20.8 Å². The highest BCUT2D eigenvalue weighted by molar-refractivity contribution is 5.39. The van der Waals surface area contributed by atoms with Gasteiger partial charge in [0.15, 0.2) is 0 Å². The fraction of sp³-hybridized carbons (Fsp3) is 0.515. The van der Waals surface area contributed by atoms with Crippen molar-refractivity contribution >= 4 is 0 Å². The summed E-state index contributed by atoms with van der Waals surface area (Å²) in [7, 11) is 0. The zero-order valence-corrected chi connectivity index (χ0v) is 25.9. The molecule has 3 aromatic rings. The van der Waals surface area contributed by atoms with Gasteiger partial charge in [0.25, 0.3) is 5.56 Å². The summed E-state index contributed by atoms with van der Waals surface area (Å²) in [5.74, 6) is 1.30. The average Bonchev–Trinajstić information content (AvgIpc) is 2.86. The van der Waals surface area contributed by atoms with Gasteiger partial charge in [-0.15, -0.1) is 0 Å². The molecule has 1 heterocycles. The van der Waals surface area contributed by atoms with Gasteiger partial charge in [-0.2, -0.15) is 0 Å². The summed E-state index contributed by atoms with van der Waals surface area (Å²) >= 11 is 0. The molecule has 2 aromatic carbocycles. The van der Waals surface area contributed by atoms with E-state index in [9.17, 15) is 19.8 Å². The van der Waals surface area contributed by atoms with Crippen molar-refractivity contribution in [2.75, 3.05) is 13.2 Å². The number of aliphatic hydroxyl groups excluding tert-OH is 2. The van der Waals surface area contributed by atoms with E-state index in [0.29, 0.717) is 17.2 Å². The molecule has 8 nitrogen and oxygen atoms in total. The lowest BCUT2D eigenvalue weighted by Gasteiger charge is -2.22.